The van der Waals surface area contributed by atoms with Crippen LogP contribution < -0.4 is 9.47 Å². The molecule has 0 aliphatic heterocycles. The highest BCUT2D eigenvalue weighted by Crippen LogP contribution is 2.46. The van der Waals surface area contributed by atoms with E-state index in [0.717, 1.165) is 6.07 Å². The van der Waals surface area contributed by atoms with Crippen molar-refractivity contribution in [2.75, 3.05) is 6.61 Å². The van der Waals surface area contributed by atoms with Gasteiger partial charge in [0.05, 0.1) is 0 Å². The van der Waals surface area contributed by atoms with E-state index < -0.39 is 74.6 Å². The summed E-state index contributed by atoms with van der Waals surface area (Å²) in [6.07, 6.45) is -23.5. The van der Waals surface area contributed by atoms with Crippen LogP contribution in [0.1, 0.15) is 0 Å². The number of hydrogen-bond acceptors (Lipinski definition) is 5. The van der Waals surface area contributed by atoms with Crippen molar-refractivity contribution in [1.82, 2.24) is 0 Å². The lowest BCUT2D eigenvalue weighted by molar-refractivity contribution is -0.373. The highest BCUT2D eigenvalue weighted by molar-refractivity contribution is 7.97. The molecular weight excluding hydrogens is 669 g/mol. The molecule has 0 spiro atoms. The first-order valence-electron chi connectivity index (χ1n) is 11.6. The molecule has 0 radical (unpaired) electrons. The average Bonchev–Trinajstić information content (AvgIpc) is 2.90. The highest BCUT2D eigenvalue weighted by atomic mass is 32.2. The minimum Gasteiger partial charge on any atom is -0.484 e. The zero-order valence-electron chi connectivity index (χ0n) is 21.3. The molecule has 242 valence electrons. The van der Waals surface area contributed by atoms with Gasteiger partial charge in [0.15, 0.2) is 15.5 Å². The van der Waals surface area contributed by atoms with E-state index in [0.29, 0.717) is 15.9 Å². The Bertz CT molecular complexity index is 1470. The molecule has 3 aromatic rings. The molecule has 6 nitrogen and oxygen atoms in total. The third kappa shape index (κ3) is 7.32. The van der Waals surface area contributed by atoms with Crippen molar-refractivity contribution < 1.29 is 75.8 Å². The summed E-state index contributed by atoms with van der Waals surface area (Å²) in [5.41, 5.74) is -5.50. The van der Waals surface area contributed by atoms with Gasteiger partial charge in [-0.05, 0) is 30.3 Å². The van der Waals surface area contributed by atoms with Crippen LogP contribution in [0.3, 0.4) is 0 Å². The second-order valence-corrected chi connectivity index (χ2v) is 12.3. The van der Waals surface area contributed by atoms with Gasteiger partial charge in [-0.3, -0.25) is 4.55 Å². The highest BCUT2D eigenvalue weighted by Gasteiger charge is 2.71. The van der Waals surface area contributed by atoms with Gasteiger partial charge in [-0.1, -0.05) is 36.4 Å². The van der Waals surface area contributed by atoms with Crippen molar-refractivity contribution in [3.05, 3.63) is 78.9 Å². The largest absolute Gasteiger partial charge is 0.484 e. The van der Waals surface area contributed by atoms with Gasteiger partial charge < -0.3 is 14.6 Å². The Hall–Kier alpha value is -3.29. The number of ether oxygens (including phenoxy) is 2. The summed E-state index contributed by atoms with van der Waals surface area (Å²) in [4.78, 5) is 0.405. The Balaban J connectivity index is 2.25. The molecule has 19 heteroatoms. The molecule has 2 N–H and O–H groups in total. The van der Waals surface area contributed by atoms with Crippen LogP contribution in [0.5, 0.6) is 11.5 Å². The van der Waals surface area contributed by atoms with Crippen LogP contribution in [0, 0.1) is 0 Å². The second kappa shape index (κ2) is 12.2. The fourth-order valence-electron chi connectivity index (χ4n) is 3.45. The molecule has 0 heterocycles. The predicted octanol–water partition coefficient (Wildman–Crippen LogP) is 6.81. The molecule has 0 aromatic heterocycles. The lowest BCUT2D eigenvalue weighted by atomic mass is 10.0. The van der Waals surface area contributed by atoms with Gasteiger partial charge in [0, 0.05) is 12.1 Å². The Morgan fingerprint density at radius 2 is 1.18 bits per heavy atom. The van der Waals surface area contributed by atoms with Gasteiger partial charge in [-0.25, -0.2) is 0 Å². The zero-order chi connectivity index (χ0) is 33.4. The summed E-state index contributed by atoms with van der Waals surface area (Å²) in [7, 11) is -8.26. The van der Waals surface area contributed by atoms with Crippen molar-refractivity contribution in [3.8, 4) is 11.5 Å². The Labute approximate surface area is 244 Å². The molecule has 0 aliphatic rings. The SMILES string of the molecule is O=S(=O)(O)C(F)(F)C(Oc1ccc([S+](c2ccccc2)c2ccccc2)c(OCC(O)(C(F)(F)F)C(F)(F)F)c1)C(F)(F)F. The lowest BCUT2D eigenvalue weighted by Gasteiger charge is -2.32. The van der Waals surface area contributed by atoms with Gasteiger partial charge in [-0.2, -0.15) is 56.7 Å². The predicted molar refractivity (Wildman–Crippen MR) is 131 cm³/mol. The maximum Gasteiger partial charge on any atom is 0.432 e. The van der Waals surface area contributed by atoms with E-state index in [1.54, 1.807) is 12.1 Å². The van der Waals surface area contributed by atoms with Crippen LogP contribution in [-0.2, 0) is 21.0 Å². The average molecular weight is 688 g/mol. The normalized spacial score (nSPS) is 14.4. The summed E-state index contributed by atoms with van der Waals surface area (Å²) < 4.78 is 188. The van der Waals surface area contributed by atoms with Crippen molar-refractivity contribution in [2.45, 2.75) is 50.2 Å². The molecule has 0 bridgehead atoms. The minimum absolute atomic E-state index is 0.215. The Morgan fingerprint density at radius 3 is 1.57 bits per heavy atom. The molecule has 0 saturated heterocycles. The van der Waals surface area contributed by atoms with Crippen molar-refractivity contribution in [2.24, 2.45) is 0 Å². The van der Waals surface area contributed by atoms with E-state index in [2.05, 4.69) is 4.74 Å². The van der Waals surface area contributed by atoms with E-state index in [1.165, 1.54) is 48.5 Å². The molecule has 1 unspecified atom stereocenters. The van der Waals surface area contributed by atoms with Gasteiger partial charge in [0.2, 0.25) is 4.90 Å². The number of rotatable bonds is 10. The van der Waals surface area contributed by atoms with Crippen LogP contribution >= 0.6 is 0 Å². The molecule has 1 atom stereocenters. The summed E-state index contributed by atoms with van der Waals surface area (Å²) >= 11 is 0. The summed E-state index contributed by atoms with van der Waals surface area (Å²) in [6.45, 7) is -2.60. The summed E-state index contributed by atoms with van der Waals surface area (Å²) in [5, 5.41) is 3.56. The third-order valence-electron chi connectivity index (χ3n) is 5.67. The molecular formula is C25H18F11O6S2+. The van der Waals surface area contributed by atoms with Gasteiger partial charge in [-0.15, -0.1) is 0 Å². The zero-order valence-corrected chi connectivity index (χ0v) is 22.9. The molecule has 0 fully saturated rings. The number of aliphatic hydroxyl groups is 1. The van der Waals surface area contributed by atoms with Gasteiger partial charge in [0.1, 0.15) is 23.3 Å². The first-order chi connectivity index (χ1) is 20.0. The smallest absolute Gasteiger partial charge is 0.432 e. The van der Waals surface area contributed by atoms with E-state index >= 15 is 0 Å². The summed E-state index contributed by atoms with van der Waals surface area (Å²) in [5.74, 6) is -2.44. The molecule has 0 saturated carbocycles. The minimum atomic E-state index is -6.76. The molecule has 44 heavy (non-hydrogen) atoms. The number of benzene rings is 3. The molecule has 3 aromatic carbocycles. The van der Waals surface area contributed by atoms with E-state index in [4.69, 9.17) is 9.29 Å². The van der Waals surface area contributed by atoms with Gasteiger partial charge in [0.25, 0.3) is 11.7 Å². The first-order valence-corrected chi connectivity index (χ1v) is 14.2. The van der Waals surface area contributed by atoms with Crippen LogP contribution in [0.2, 0.25) is 0 Å². The quantitative estimate of drug-likeness (QED) is 0.138. The monoisotopic (exact) mass is 687 g/mol. The van der Waals surface area contributed by atoms with E-state index in [-0.39, 0.29) is 11.0 Å². The summed E-state index contributed by atoms with van der Waals surface area (Å²) in [6, 6.07) is 16.6. The topological polar surface area (TPSA) is 93.1 Å². The fraction of sp³-hybridized carbons (Fsp3) is 0.280. The molecule has 3 rings (SSSR count). The number of alkyl halides is 11. The Morgan fingerprint density at radius 1 is 0.727 bits per heavy atom. The van der Waals surface area contributed by atoms with E-state index in [1.807, 2.05) is 0 Å². The maximum absolute atomic E-state index is 14.1. The van der Waals surface area contributed by atoms with Crippen molar-refractivity contribution in [1.29, 1.82) is 0 Å². The lowest BCUT2D eigenvalue weighted by Crippen LogP contribution is -2.60. The Kier molecular flexibility index (Phi) is 9.79. The van der Waals surface area contributed by atoms with Crippen LogP contribution in [0.25, 0.3) is 0 Å². The second-order valence-electron chi connectivity index (χ2n) is 8.76. The third-order valence-corrected chi connectivity index (χ3v) is 8.83. The van der Waals surface area contributed by atoms with Crippen molar-refractivity contribution >= 4 is 21.0 Å². The standard InChI is InChI=1S/C25H17F11O6S2/c26-22(27,28)20(23(29,30)44(38,39)40)42-15-11-12-19(18(13-15)41-14-21(37,24(31,32)33)25(34,35)36)43(16-7-3-1-4-8-16)17-9-5-2-6-10-17/h1-13,20,37H,14H2/p+1. The van der Waals surface area contributed by atoms with Crippen LogP contribution in [0.4, 0.5) is 48.3 Å². The van der Waals surface area contributed by atoms with Crippen LogP contribution in [0.15, 0.2) is 93.5 Å². The number of hydrogen-bond donors (Lipinski definition) is 2. The van der Waals surface area contributed by atoms with Crippen LogP contribution in [-0.4, -0.2) is 60.2 Å². The van der Waals surface area contributed by atoms with E-state index in [9.17, 15) is 61.8 Å². The fourth-order valence-corrected chi connectivity index (χ4v) is 6.06. The molecule has 0 aliphatic carbocycles. The first kappa shape index (κ1) is 35.2. The molecule has 0 amide bonds. The van der Waals surface area contributed by atoms with Gasteiger partial charge >= 0.3 is 33.9 Å². The number of halogens is 11. The maximum atomic E-state index is 14.1. The van der Waals surface area contributed by atoms with Crippen molar-refractivity contribution in [3.63, 3.8) is 0 Å².